The number of benzene rings is 1. The predicted molar refractivity (Wildman–Crippen MR) is 82.4 cm³/mol. The molecule has 1 aromatic carbocycles. The summed E-state index contributed by atoms with van der Waals surface area (Å²) in [6, 6.07) is 5.84. The van der Waals surface area contributed by atoms with E-state index in [0.29, 0.717) is 5.92 Å². The average Bonchev–Trinajstić information content (AvgIpc) is 2.47. The highest BCUT2D eigenvalue weighted by Gasteiger charge is 2.15. The Kier molecular flexibility index (Phi) is 6.02. The smallest absolute Gasteiger partial charge is 0.262 e. The topological polar surface area (TPSA) is 70.6 Å². The summed E-state index contributed by atoms with van der Waals surface area (Å²) in [5.41, 5.74) is 1.85. The summed E-state index contributed by atoms with van der Waals surface area (Å²) < 4.78 is 5.34. The largest absolute Gasteiger partial charge is 0.482 e. The van der Waals surface area contributed by atoms with Gasteiger partial charge < -0.3 is 20.5 Å². The van der Waals surface area contributed by atoms with Gasteiger partial charge in [0.05, 0.1) is 5.69 Å². The van der Waals surface area contributed by atoms with Crippen molar-refractivity contribution >= 4 is 11.6 Å². The van der Waals surface area contributed by atoms with Crippen LogP contribution < -0.4 is 15.4 Å². The van der Waals surface area contributed by atoms with E-state index in [1.54, 1.807) is 0 Å². The fourth-order valence-electron chi connectivity index (χ4n) is 2.60. The molecule has 116 valence electrons. The SMILES string of the molecule is CCCC(CCO)CNCc1ccc2c(c1)NC(=O)CO2. The number of rotatable bonds is 8. The third-order valence-electron chi connectivity index (χ3n) is 3.67. The average molecular weight is 292 g/mol. The van der Waals surface area contributed by atoms with Crippen LogP contribution in [0.1, 0.15) is 31.7 Å². The van der Waals surface area contributed by atoms with Crippen molar-refractivity contribution in [2.75, 3.05) is 25.1 Å². The number of aliphatic hydroxyl groups is 1. The first-order valence-electron chi connectivity index (χ1n) is 7.60. The Morgan fingerprint density at radius 1 is 1.43 bits per heavy atom. The molecule has 0 aliphatic carbocycles. The molecule has 1 aliphatic rings. The molecule has 0 radical (unpaired) electrons. The van der Waals surface area contributed by atoms with Crippen molar-refractivity contribution in [2.24, 2.45) is 5.92 Å². The van der Waals surface area contributed by atoms with Gasteiger partial charge in [-0.05, 0) is 43.0 Å². The molecule has 1 unspecified atom stereocenters. The van der Waals surface area contributed by atoms with Crippen LogP contribution in [0.5, 0.6) is 5.75 Å². The normalized spacial score (nSPS) is 15.0. The molecular weight excluding hydrogens is 268 g/mol. The second kappa shape index (κ2) is 8.00. The first-order chi connectivity index (χ1) is 10.2. The maximum absolute atomic E-state index is 11.3. The molecule has 2 rings (SSSR count). The molecule has 1 atom stereocenters. The molecule has 0 spiro atoms. The number of hydrogen-bond acceptors (Lipinski definition) is 4. The van der Waals surface area contributed by atoms with E-state index in [1.807, 2.05) is 18.2 Å². The van der Waals surface area contributed by atoms with Gasteiger partial charge in [-0.2, -0.15) is 0 Å². The highest BCUT2D eigenvalue weighted by Crippen LogP contribution is 2.28. The van der Waals surface area contributed by atoms with Gasteiger partial charge in [-0.3, -0.25) is 4.79 Å². The van der Waals surface area contributed by atoms with Crippen molar-refractivity contribution in [3.8, 4) is 5.75 Å². The molecule has 0 saturated carbocycles. The van der Waals surface area contributed by atoms with Crippen LogP contribution in [0, 0.1) is 5.92 Å². The van der Waals surface area contributed by atoms with E-state index in [-0.39, 0.29) is 19.1 Å². The first-order valence-corrected chi connectivity index (χ1v) is 7.60. The lowest BCUT2D eigenvalue weighted by atomic mass is 10.00. The molecule has 0 saturated heterocycles. The molecule has 1 aromatic rings. The number of amides is 1. The van der Waals surface area contributed by atoms with Gasteiger partial charge in [-0.25, -0.2) is 0 Å². The zero-order chi connectivity index (χ0) is 15.1. The zero-order valence-corrected chi connectivity index (χ0v) is 12.5. The standard InChI is InChI=1S/C16H24N2O3/c1-2-3-12(6-7-19)9-17-10-13-4-5-15-14(8-13)18-16(20)11-21-15/h4-5,8,12,17,19H,2-3,6-7,9-11H2,1H3,(H,18,20). The Hall–Kier alpha value is -1.59. The predicted octanol–water partition coefficient (Wildman–Crippen LogP) is 1.91. The number of carbonyl (C=O) groups excluding carboxylic acids is 1. The highest BCUT2D eigenvalue weighted by molar-refractivity contribution is 5.95. The summed E-state index contributed by atoms with van der Waals surface area (Å²) in [6.45, 7) is 4.14. The van der Waals surface area contributed by atoms with Crippen LogP contribution >= 0.6 is 0 Å². The van der Waals surface area contributed by atoms with Gasteiger partial charge in [-0.1, -0.05) is 19.4 Å². The minimum Gasteiger partial charge on any atom is -0.482 e. The van der Waals surface area contributed by atoms with Gasteiger partial charge in [-0.15, -0.1) is 0 Å². The monoisotopic (exact) mass is 292 g/mol. The van der Waals surface area contributed by atoms with Crippen molar-refractivity contribution in [3.63, 3.8) is 0 Å². The minimum absolute atomic E-state index is 0.0878. The van der Waals surface area contributed by atoms with Crippen LogP contribution in [0.2, 0.25) is 0 Å². The lowest BCUT2D eigenvalue weighted by molar-refractivity contribution is -0.118. The van der Waals surface area contributed by atoms with E-state index in [2.05, 4.69) is 17.6 Å². The van der Waals surface area contributed by atoms with Crippen molar-refractivity contribution in [1.82, 2.24) is 5.32 Å². The third kappa shape index (κ3) is 4.72. The van der Waals surface area contributed by atoms with Crippen LogP contribution in [0.4, 0.5) is 5.69 Å². The summed E-state index contributed by atoms with van der Waals surface area (Å²) in [7, 11) is 0. The molecule has 3 N–H and O–H groups in total. The lowest BCUT2D eigenvalue weighted by Gasteiger charge is -2.19. The second-order valence-corrected chi connectivity index (χ2v) is 5.47. The fraction of sp³-hybridized carbons (Fsp3) is 0.562. The maximum atomic E-state index is 11.3. The third-order valence-corrected chi connectivity index (χ3v) is 3.67. The molecule has 21 heavy (non-hydrogen) atoms. The molecule has 1 heterocycles. The number of anilines is 1. The summed E-state index contributed by atoms with van der Waals surface area (Å²) >= 11 is 0. The Bertz CT molecular complexity index is 471. The van der Waals surface area contributed by atoms with Crippen molar-refractivity contribution in [1.29, 1.82) is 0 Å². The Labute approximate surface area is 125 Å². The van der Waals surface area contributed by atoms with E-state index in [0.717, 1.165) is 49.4 Å². The van der Waals surface area contributed by atoms with E-state index < -0.39 is 0 Å². The van der Waals surface area contributed by atoms with Gasteiger partial charge in [0.25, 0.3) is 5.91 Å². The highest BCUT2D eigenvalue weighted by atomic mass is 16.5. The fourth-order valence-corrected chi connectivity index (χ4v) is 2.60. The van der Waals surface area contributed by atoms with E-state index in [1.165, 1.54) is 0 Å². The Balaban J connectivity index is 1.85. The van der Waals surface area contributed by atoms with E-state index in [9.17, 15) is 4.79 Å². The Morgan fingerprint density at radius 2 is 2.29 bits per heavy atom. The Morgan fingerprint density at radius 3 is 3.05 bits per heavy atom. The van der Waals surface area contributed by atoms with Gasteiger partial charge >= 0.3 is 0 Å². The van der Waals surface area contributed by atoms with Gasteiger partial charge in [0, 0.05) is 13.2 Å². The lowest BCUT2D eigenvalue weighted by Crippen LogP contribution is -2.26. The summed E-state index contributed by atoms with van der Waals surface area (Å²) in [6.07, 6.45) is 3.10. The first kappa shape index (κ1) is 15.8. The number of carbonyl (C=O) groups is 1. The summed E-state index contributed by atoms with van der Waals surface area (Å²) in [5.74, 6) is 1.13. The van der Waals surface area contributed by atoms with Crippen LogP contribution in [-0.4, -0.2) is 30.8 Å². The second-order valence-electron chi connectivity index (χ2n) is 5.47. The quantitative estimate of drug-likeness (QED) is 0.684. The van der Waals surface area contributed by atoms with Gasteiger partial charge in [0.1, 0.15) is 5.75 Å². The zero-order valence-electron chi connectivity index (χ0n) is 12.5. The van der Waals surface area contributed by atoms with Crippen molar-refractivity contribution in [3.05, 3.63) is 23.8 Å². The number of ether oxygens (including phenoxy) is 1. The summed E-state index contributed by atoms with van der Waals surface area (Å²) in [4.78, 5) is 11.3. The van der Waals surface area contributed by atoms with Crippen LogP contribution in [0.15, 0.2) is 18.2 Å². The van der Waals surface area contributed by atoms with Crippen molar-refractivity contribution in [2.45, 2.75) is 32.7 Å². The summed E-state index contributed by atoms with van der Waals surface area (Å²) in [5, 5.41) is 15.3. The molecule has 0 aromatic heterocycles. The number of nitrogens with one attached hydrogen (secondary N) is 2. The minimum atomic E-state index is -0.112. The molecule has 0 bridgehead atoms. The number of hydrogen-bond donors (Lipinski definition) is 3. The van der Waals surface area contributed by atoms with Gasteiger partial charge in [0.15, 0.2) is 6.61 Å². The number of aliphatic hydroxyl groups excluding tert-OH is 1. The van der Waals surface area contributed by atoms with Crippen LogP contribution in [0.25, 0.3) is 0 Å². The van der Waals surface area contributed by atoms with Crippen LogP contribution in [0.3, 0.4) is 0 Å². The molecule has 5 nitrogen and oxygen atoms in total. The molecule has 1 amide bonds. The van der Waals surface area contributed by atoms with Crippen LogP contribution in [-0.2, 0) is 11.3 Å². The molecular formula is C16H24N2O3. The van der Waals surface area contributed by atoms with E-state index >= 15 is 0 Å². The molecule has 0 fully saturated rings. The maximum Gasteiger partial charge on any atom is 0.262 e. The van der Waals surface area contributed by atoms with Crippen molar-refractivity contribution < 1.29 is 14.6 Å². The van der Waals surface area contributed by atoms with E-state index in [4.69, 9.17) is 9.84 Å². The van der Waals surface area contributed by atoms with Gasteiger partial charge in [0.2, 0.25) is 0 Å². The number of fused-ring (bicyclic) bond motifs is 1. The molecule has 1 aliphatic heterocycles. The molecule has 5 heteroatoms.